The van der Waals surface area contributed by atoms with Crippen LogP contribution in [-0.2, 0) is 6.54 Å². The van der Waals surface area contributed by atoms with Crippen molar-refractivity contribution in [2.24, 2.45) is 0 Å². The van der Waals surface area contributed by atoms with Gasteiger partial charge in [-0.25, -0.2) is 0 Å². The molecule has 0 amide bonds. The van der Waals surface area contributed by atoms with E-state index in [9.17, 15) is 0 Å². The molecular formula is C18H20N2. The summed E-state index contributed by atoms with van der Waals surface area (Å²) in [6, 6.07) is 19.6. The Kier molecular flexibility index (Phi) is 3.46. The third-order valence-electron chi connectivity index (χ3n) is 3.43. The van der Waals surface area contributed by atoms with Crippen molar-refractivity contribution in [1.29, 1.82) is 0 Å². The fourth-order valence-electron chi connectivity index (χ4n) is 2.58. The van der Waals surface area contributed by atoms with Gasteiger partial charge in [0.15, 0.2) is 0 Å². The molecule has 3 rings (SSSR count). The van der Waals surface area contributed by atoms with E-state index in [1.807, 2.05) is 0 Å². The molecule has 0 aliphatic carbocycles. The van der Waals surface area contributed by atoms with Gasteiger partial charge in [-0.15, -0.1) is 0 Å². The summed E-state index contributed by atoms with van der Waals surface area (Å²) in [4.78, 5) is 0. The number of nitrogens with zero attached hydrogens (tertiary/aromatic N) is 1. The van der Waals surface area contributed by atoms with Gasteiger partial charge in [-0.2, -0.15) is 0 Å². The fraction of sp³-hybridized carbons (Fsp3) is 0.222. The predicted octanol–water partition coefficient (Wildman–Crippen LogP) is 4.51. The van der Waals surface area contributed by atoms with Crippen LogP contribution in [0.4, 0.5) is 5.69 Å². The lowest BCUT2D eigenvalue weighted by Gasteiger charge is -2.07. The zero-order chi connectivity index (χ0) is 13.9. The standard InChI is InChI=1S/C18H20N2/c1-14(2)19-17-13-20(12-15-8-4-3-5-9-15)18-11-7-6-10-16(17)18/h3-11,13-14,19H,12H2,1-2H3. The molecule has 0 bridgehead atoms. The lowest BCUT2D eigenvalue weighted by atomic mass is 10.2. The third-order valence-corrected chi connectivity index (χ3v) is 3.43. The quantitative estimate of drug-likeness (QED) is 0.733. The number of benzene rings is 2. The summed E-state index contributed by atoms with van der Waals surface area (Å²) >= 11 is 0. The Morgan fingerprint density at radius 3 is 2.40 bits per heavy atom. The number of fused-ring (bicyclic) bond motifs is 1. The van der Waals surface area contributed by atoms with E-state index >= 15 is 0 Å². The maximum atomic E-state index is 3.53. The molecule has 3 aromatic rings. The Hall–Kier alpha value is -2.22. The number of rotatable bonds is 4. The minimum atomic E-state index is 0.436. The van der Waals surface area contributed by atoms with Gasteiger partial charge in [0.05, 0.1) is 11.2 Å². The first-order chi connectivity index (χ1) is 9.74. The molecule has 0 unspecified atom stereocenters. The van der Waals surface area contributed by atoms with Gasteiger partial charge in [-0.05, 0) is 25.5 Å². The summed E-state index contributed by atoms with van der Waals surface area (Å²) in [6.07, 6.45) is 2.22. The second kappa shape index (κ2) is 5.41. The minimum absolute atomic E-state index is 0.436. The monoisotopic (exact) mass is 264 g/mol. The van der Waals surface area contributed by atoms with Crippen molar-refractivity contribution in [3.05, 3.63) is 66.4 Å². The molecule has 1 N–H and O–H groups in total. The zero-order valence-electron chi connectivity index (χ0n) is 12.0. The van der Waals surface area contributed by atoms with Crippen molar-refractivity contribution < 1.29 is 0 Å². The molecule has 0 saturated carbocycles. The fourth-order valence-corrected chi connectivity index (χ4v) is 2.58. The van der Waals surface area contributed by atoms with Crippen LogP contribution in [-0.4, -0.2) is 10.6 Å². The van der Waals surface area contributed by atoms with Crippen molar-refractivity contribution in [3.8, 4) is 0 Å². The molecule has 2 heteroatoms. The first-order valence-electron chi connectivity index (χ1n) is 7.12. The van der Waals surface area contributed by atoms with Crippen LogP contribution in [0.5, 0.6) is 0 Å². The lowest BCUT2D eigenvalue weighted by Crippen LogP contribution is -2.09. The van der Waals surface area contributed by atoms with E-state index in [0.29, 0.717) is 6.04 Å². The van der Waals surface area contributed by atoms with Gasteiger partial charge >= 0.3 is 0 Å². The highest BCUT2D eigenvalue weighted by atomic mass is 15.0. The average Bonchev–Trinajstić information content (AvgIpc) is 2.78. The Labute approximate surface area is 120 Å². The molecule has 0 aliphatic rings. The minimum Gasteiger partial charge on any atom is -0.381 e. The van der Waals surface area contributed by atoms with E-state index in [4.69, 9.17) is 0 Å². The second-order valence-electron chi connectivity index (χ2n) is 5.47. The van der Waals surface area contributed by atoms with Gasteiger partial charge in [-0.1, -0.05) is 48.5 Å². The highest BCUT2D eigenvalue weighted by Gasteiger charge is 2.08. The number of nitrogens with one attached hydrogen (secondary N) is 1. The van der Waals surface area contributed by atoms with Crippen LogP contribution in [0.3, 0.4) is 0 Å². The van der Waals surface area contributed by atoms with E-state index in [1.54, 1.807) is 0 Å². The van der Waals surface area contributed by atoms with E-state index < -0.39 is 0 Å². The molecule has 0 atom stereocenters. The Morgan fingerprint density at radius 1 is 0.950 bits per heavy atom. The highest BCUT2D eigenvalue weighted by Crippen LogP contribution is 2.27. The van der Waals surface area contributed by atoms with E-state index in [2.05, 4.69) is 84.5 Å². The number of para-hydroxylation sites is 1. The number of hydrogen-bond donors (Lipinski definition) is 1. The predicted molar refractivity (Wildman–Crippen MR) is 86.2 cm³/mol. The van der Waals surface area contributed by atoms with Crippen LogP contribution in [0.1, 0.15) is 19.4 Å². The van der Waals surface area contributed by atoms with Gasteiger partial charge in [0, 0.05) is 24.2 Å². The number of hydrogen-bond acceptors (Lipinski definition) is 1. The molecule has 102 valence electrons. The average molecular weight is 264 g/mol. The molecule has 0 spiro atoms. The number of aromatic nitrogens is 1. The van der Waals surface area contributed by atoms with Crippen molar-refractivity contribution in [2.75, 3.05) is 5.32 Å². The summed E-state index contributed by atoms with van der Waals surface area (Å²) in [6.45, 7) is 5.24. The Morgan fingerprint density at radius 2 is 1.65 bits per heavy atom. The van der Waals surface area contributed by atoms with Gasteiger partial charge in [0.2, 0.25) is 0 Å². The molecule has 0 fully saturated rings. The lowest BCUT2D eigenvalue weighted by molar-refractivity contribution is 0.833. The Bertz CT molecular complexity index is 696. The maximum absolute atomic E-state index is 3.53. The topological polar surface area (TPSA) is 17.0 Å². The van der Waals surface area contributed by atoms with Gasteiger partial charge in [-0.3, -0.25) is 0 Å². The summed E-state index contributed by atoms with van der Waals surface area (Å²) in [5, 5.41) is 4.82. The molecule has 1 aromatic heterocycles. The molecular weight excluding hydrogens is 244 g/mol. The molecule has 2 aromatic carbocycles. The molecule has 2 nitrogen and oxygen atoms in total. The first kappa shape index (κ1) is 12.8. The van der Waals surface area contributed by atoms with Crippen LogP contribution in [0, 0.1) is 0 Å². The van der Waals surface area contributed by atoms with Gasteiger partial charge < -0.3 is 9.88 Å². The molecule has 1 heterocycles. The van der Waals surface area contributed by atoms with Crippen molar-refractivity contribution >= 4 is 16.6 Å². The number of anilines is 1. The molecule has 0 aliphatic heterocycles. The van der Waals surface area contributed by atoms with Crippen molar-refractivity contribution in [3.63, 3.8) is 0 Å². The van der Waals surface area contributed by atoms with Crippen LogP contribution in [0.25, 0.3) is 10.9 Å². The summed E-state index contributed by atoms with van der Waals surface area (Å²) in [7, 11) is 0. The van der Waals surface area contributed by atoms with Crippen LogP contribution < -0.4 is 5.32 Å². The molecule has 0 radical (unpaired) electrons. The largest absolute Gasteiger partial charge is 0.381 e. The van der Waals surface area contributed by atoms with Crippen LogP contribution >= 0.6 is 0 Å². The first-order valence-corrected chi connectivity index (χ1v) is 7.12. The van der Waals surface area contributed by atoms with E-state index in [0.717, 1.165) is 6.54 Å². The van der Waals surface area contributed by atoms with Crippen LogP contribution in [0.15, 0.2) is 60.8 Å². The van der Waals surface area contributed by atoms with Crippen molar-refractivity contribution in [2.45, 2.75) is 26.4 Å². The highest BCUT2D eigenvalue weighted by molar-refractivity contribution is 5.93. The van der Waals surface area contributed by atoms with Gasteiger partial charge in [0.25, 0.3) is 0 Å². The van der Waals surface area contributed by atoms with Gasteiger partial charge in [0.1, 0.15) is 0 Å². The summed E-state index contributed by atoms with van der Waals surface area (Å²) < 4.78 is 2.31. The summed E-state index contributed by atoms with van der Waals surface area (Å²) in [5.41, 5.74) is 3.82. The van der Waals surface area contributed by atoms with E-state index in [-0.39, 0.29) is 0 Å². The maximum Gasteiger partial charge on any atom is 0.0602 e. The smallest absolute Gasteiger partial charge is 0.0602 e. The summed E-state index contributed by atoms with van der Waals surface area (Å²) in [5.74, 6) is 0. The van der Waals surface area contributed by atoms with Crippen molar-refractivity contribution in [1.82, 2.24) is 4.57 Å². The molecule has 0 saturated heterocycles. The Balaban J connectivity index is 2.02. The van der Waals surface area contributed by atoms with E-state index in [1.165, 1.54) is 22.2 Å². The zero-order valence-corrected chi connectivity index (χ0v) is 12.0. The third kappa shape index (κ3) is 2.55. The normalized spacial score (nSPS) is 11.2. The molecule has 20 heavy (non-hydrogen) atoms. The second-order valence-corrected chi connectivity index (χ2v) is 5.47. The van der Waals surface area contributed by atoms with Crippen LogP contribution in [0.2, 0.25) is 0 Å². The SMILES string of the molecule is CC(C)Nc1cn(Cc2ccccc2)c2ccccc12.